The van der Waals surface area contributed by atoms with Gasteiger partial charge in [0.2, 0.25) is 5.95 Å². The highest BCUT2D eigenvalue weighted by molar-refractivity contribution is 5.94. The highest BCUT2D eigenvalue weighted by Gasteiger charge is 2.40. The van der Waals surface area contributed by atoms with Crippen molar-refractivity contribution < 1.29 is 14.3 Å². The number of ether oxygens (including phenoxy) is 2. The number of anilines is 2. The van der Waals surface area contributed by atoms with Gasteiger partial charge in [0.15, 0.2) is 11.5 Å². The molecule has 0 saturated carbocycles. The summed E-state index contributed by atoms with van der Waals surface area (Å²) in [6, 6.07) is 13.1. The Kier molecular flexibility index (Phi) is 6.95. The maximum absolute atomic E-state index is 13.1. The van der Waals surface area contributed by atoms with E-state index >= 15 is 0 Å². The lowest BCUT2D eigenvalue weighted by Gasteiger charge is -2.43. The van der Waals surface area contributed by atoms with Gasteiger partial charge in [-0.3, -0.25) is 14.8 Å². The molecule has 5 rings (SSSR count). The number of carbonyl (C=O) groups excluding carboxylic acids is 1. The number of amides is 1. The predicted octanol–water partition coefficient (Wildman–Crippen LogP) is 3.33. The number of piperidine rings is 1. The molecule has 0 atom stereocenters. The third kappa shape index (κ3) is 4.77. The van der Waals surface area contributed by atoms with Crippen LogP contribution in [0.2, 0.25) is 0 Å². The van der Waals surface area contributed by atoms with Crippen LogP contribution in [0.15, 0.2) is 61.1 Å². The Morgan fingerprint density at radius 1 is 1.05 bits per heavy atom. The maximum Gasteiger partial charge on any atom is 0.255 e. The lowest BCUT2D eigenvalue weighted by molar-refractivity contribution is 0.0666. The topological polar surface area (TPSA) is 120 Å². The summed E-state index contributed by atoms with van der Waals surface area (Å²) in [6.45, 7) is 1.82. The van der Waals surface area contributed by atoms with Crippen LogP contribution in [0.4, 0.5) is 11.8 Å². The molecule has 1 amide bonds. The number of carbonyl (C=O) groups is 1. The molecular formula is C28H31N7O3. The molecule has 1 saturated heterocycles. The van der Waals surface area contributed by atoms with Crippen LogP contribution in [0.25, 0.3) is 10.9 Å². The number of likely N-dealkylation sites (N-methyl/N-ethyl adjacent to an activating group) is 1. The van der Waals surface area contributed by atoms with E-state index in [4.69, 9.17) is 25.2 Å². The fraction of sp³-hybridized carbons (Fsp3) is 0.321. The number of hydrogen-bond acceptors (Lipinski definition) is 9. The number of nitrogens with two attached hydrogens (primary N) is 1. The van der Waals surface area contributed by atoms with Gasteiger partial charge in [-0.1, -0.05) is 6.07 Å². The Bertz CT molecular complexity index is 1430. The van der Waals surface area contributed by atoms with Gasteiger partial charge in [0.25, 0.3) is 5.91 Å². The summed E-state index contributed by atoms with van der Waals surface area (Å²) in [5.41, 5.74) is 8.31. The van der Waals surface area contributed by atoms with Crippen LogP contribution in [0.1, 0.15) is 28.9 Å². The fourth-order valence-electron chi connectivity index (χ4n) is 5.14. The number of pyridine rings is 2. The van der Waals surface area contributed by atoms with Crippen molar-refractivity contribution >= 4 is 28.6 Å². The monoisotopic (exact) mass is 513 g/mol. The molecule has 10 heteroatoms. The Morgan fingerprint density at radius 3 is 2.47 bits per heavy atom. The zero-order valence-electron chi connectivity index (χ0n) is 21.8. The number of nitrogen functional groups attached to an aromatic ring is 1. The standard InChI is InChI=1S/C28H31N7O3/c1-34(27-32-21-16-23(38-3)22(37-2)15-20(21)25(29)33-27)18-28(24-8-4-5-12-31-24)9-13-35(14-10-28)26(36)19-7-6-11-30-17-19/h4-8,11-12,15-17H,9-10,13-14,18H2,1-3H3,(H2,29,32,33). The molecule has 10 nitrogen and oxygen atoms in total. The molecule has 3 aromatic heterocycles. The number of hydrogen-bond donors (Lipinski definition) is 1. The van der Waals surface area contributed by atoms with Crippen molar-refractivity contribution in [1.29, 1.82) is 0 Å². The number of methoxy groups -OCH3 is 2. The summed E-state index contributed by atoms with van der Waals surface area (Å²) in [5, 5.41) is 0.696. The number of fused-ring (bicyclic) bond motifs is 1. The van der Waals surface area contributed by atoms with Gasteiger partial charge in [0.1, 0.15) is 5.82 Å². The molecule has 1 aromatic carbocycles. The zero-order chi connectivity index (χ0) is 26.7. The lowest BCUT2D eigenvalue weighted by atomic mass is 9.74. The second-order valence-electron chi connectivity index (χ2n) is 9.52. The summed E-state index contributed by atoms with van der Waals surface area (Å²) in [4.78, 5) is 35.2. The normalized spacial score (nSPS) is 14.8. The quantitative estimate of drug-likeness (QED) is 0.397. The average molecular weight is 514 g/mol. The van der Waals surface area contributed by atoms with Crippen molar-refractivity contribution in [2.45, 2.75) is 18.3 Å². The highest BCUT2D eigenvalue weighted by atomic mass is 16.5. The van der Waals surface area contributed by atoms with E-state index < -0.39 is 0 Å². The molecule has 196 valence electrons. The minimum Gasteiger partial charge on any atom is -0.493 e. The first-order valence-electron chi connectivity index (χ1n) is 12.5. The molecule has 1 fully saturated rings. The van der Waals surface area contributed by atoms with E-state index in [0.29, 0.717) is 59.4 Å². The summed E-state index contributed by atoms with van der Waals surface area (Å²) >= 11 is 0. The first-order chi connectivity index (χ1) is 18.4. The first-order valence-corrected chi connectivity index (χ1v) is 12.5. The van der Waals surface area contributed by atoms with E-state index in [1.54, 1.807) is 50.9 Å². The van der Waals surface area contributed by atoms with Crippen molar-refractivity contribution in [2.24, 2.45) is 0 Å². The van der Waals surface area contributed by atoms with Crippen LogP contribution in [-0.2, 0) is 5.41 Å². The summed E-state index contributed by atoms with van der Waals surface area (Å²) in [7, 11) is 5.12. The fourth-order valence-corrected chi connectivity index (χ4v) is 5.14. The molecule has 4 aromatic rings. The largest absolute Gasteiger partial charge is 0.493 e. The minimum absolute atomic E-state index is 0.00362. The van der Waals surface area contributed by atoms with Crippen LogP contribution in [0.3, 0.4) is 0 Å². The second-order valence-corrected chi connectivity index (χ2v) is 9.52. The van der Waals surface area contributed by atoms with Gasteiger partial charge in [-0.2, -0.15) is 4.98 Å². The Labute approximate surface area is 221 Å². The van der Waals surface area contributed by atoms with E-state index in [9.17, 15) is 4.79 Å². The van der Waals surface area contributed by atoms with Gasteiger partial charge in [-0.05, 0) is 43.2 Å². The van der Waals surface area contributed by atoms with Crippen LogP contribution < -0.4 is 20.1 Å². The van der Waals surface area contributed by atoms with E-state index in [1.165, 1.54) is 0 Å². The molecule has 0 bridgehead atoms. The van der Waals surface area contributed by atoms with Crippen molar-refractivity contribution in [2.75, 3.05) is 51.5 Å². The summed E-state index contributed by atoms with van der Waals surface area (Å²) in [6.07, 6.45) is 6.59. The molecule has 0 radical (unpaired) electrons. The minimum atomic E-state index is -0.299. The molecule has 0 unspecified atom stereocenters. The molecule has 1 aliphatic rings. The molecule has 4 heterocycles. The SMILES string of the molecule is COc1cc2nc(N(C)CC3(c4ccccn4)CCN(C(=O)c4cccnc4)CC3)nc(N)c2cc1OC. The van der Waals surface area contributed by atoms with E-state index in [0.717, 1.165) is 18.5 Å². The smallest absolute Gasteiger partial charge is 0.255 e. The number of likely N-dealkylation sites (tertiary alicyclic amines) is 1. The van der Waals surface area contributed by atoms with Crippen LogP contribution in [0.5, 0.6) is 11.5 Å². The Hall–Kier alpha value is -4.47. The molecule has 2 N–H and O–H groups in total. The summed E-state index contributed by atoms with van der Waals surface area (Å²) < 4.78 is 10.9. The zero-order valence-corrected chi connectivity index (χ0v) is 21.8. The van der Waals surface area contributed by atoms with Gasteiger partial charge in [0, 0.05) is 67.8 Å². The van der Waals surface area contributed by atoms with Gasteiger partial charge in [-0.15, -0.1) is 0 Å². The van der Waals surface area contributed by atoms with Crippen LogP contribution in [0, 0.1) is 0 Å². The van der Waals surface area contributed by atoms with E-state index in [-0.39, 0.29) is 11.3 Å². The van der Waals surface area contributed by atoms with E-state index in [1.807, 2.05) is 35.2 Å². The highest BCUT2D eigenvalue weighted by Crippen LogP contribution is 2.38. The van der Waals surface area contributed by atoms with Crippen molar-refractivity contribution in [1.82, 2.24) is 24.8 Å². The Morgan fingerprint density at radius 2 is 1.82 bits per heavy atom. The van der Waals surface area contributed by atoms with Crippen LogP contribution >= 0.6 is 0 Å². The molecule has 38 heavy (non-hydrogen) atoms. The van der Waals surface area contributed by atoms with Crippen LogP contribution in [-0.4, -0.2) is 71.6 Å². The molecule has 1 aliphatic heterocycles. The average Bonchev–Trinajstić information content (AvgIpc) is 2.97. The second kappa shape index (κ2) is 10.5. The first kappa shape index (κ1) is 25.2. The third-order valence-corrected chi connectivity index (χ3v) is 7.22. The van der Waals surface area contributed by atoms with Gasteiger partial charge >= 0.3 is 0 Å². The van der Waals surface area contributed by atoms with Crippen molar-refractivity contribution in [3.63, 3.8) is 0 Å². The summed E-state index contributed by atoms with van der Waals surface area (Å²) in [5.74, 6) is 2.00. The molecule has 0 aliphatic carbocycles. The van der Waals surface area contributed by atoms with E-state index in [2.05, 4.69) is 16.0 Å². The number of rotatable bonds is 7. The predicted molar refractivity (Wildman–Crippen MR) is 146 cm³/mol. The van der Waals surface area contributed by atoms with Crippen molar-refractivity contribution in [3.8, 4) is 11.5 Å². The molecular weight excluding hydrogens is 482 g/mol. The van der Waals surface area contributed by atoms with Gasteiger partial charge in [-0.25, -0.2) is 4.98 Å². The van der Waals surface area contributed by atoms with Crippen molar-refractivity contribution in [3.05, 3.63) is 72.3 Å². The van der Waals surface area contributed by atoms with Gasteiger partial charge < -0.3 is 25.0 Å². The number of nitrogens with zero attached hydrogens (tertiary/aromatic N) is 6. The van der Waals surface area contributed by atoms with Gasteiger partial charge in [0.05, 0.1) is 25.3 Å². The number of benzene rings is 1. The Balaban J connectivity index is 1.43. The third-order valence-electron chi connectivity index (χ3n) is 7.22. The maximum atomic E-state index is 13.1. The number of aromatic nitrogens is 4. The lowest BCUT2D eigenvalue weighted by Crippen LogP contribution is -2.50. The molecule has 0 spiro atoms.